The summed E-state index contributed by atoms with van der Waals surface area (Å²) in [4.78, 5) is 17.1. The van der Waals surface area contributed by atoms with Crippen LogP contribution >= 0.6 is 11.6 Å². The lowest BCUT2D eigenvalue weighted by atomic mass is 9.97. The number of benzene rings is 1. The number of fused-ring (bicyclic) bond motifs is 1. The van der Waals surface area contributed by atoms with E-state index in [2.05, 4.69) is 38.1 Å². The van der Waals surface area contributed by atoms with E-state index in [9.17, 15) is 0 Å². The lowest BCUT2D eigenvalue weighted by molar-refractivity contribution is 0.466. The van der Waals surface area contributed by atoms with Crippen molar-refractivity contribution in [1.29, 1.82) is 0 Å². The summed E-state index contributed by atoms with van der Waals surface area (Å²) >= 11 is 6.32. The lowest BCUT2D eigenvalue weighted by Crippen LogP contribution is -2.40. The van der Waals surface area contributed by atoms with Crippen LogP contribution in [0.4, 0.5) is 5.69 Å². The Morgan fingerprint density at radius 1 is 1.17 bits per heavy atom. The van der Waals surface area contributed by atoms with Crippen LogP contribution in [0.25, 0.3) is 16.7 Å². The molecule has 0 unspecified atom stereocenters. The van der Waals surface area contributed by atoms with Crippen LogP contribution in [0.1, 0.15) is 36.8 Å². The second kappa shape index (κ2) is 6.56. The predicted octanol–water partition coefficient (Wildman–Crippen LogP) is 4.32. The van der Waals surface area contributed by atoms with E-state index in [0.29, 0.717) is 0 Å². The molecular formula is C21H22ClN7. The number of hydrogen-bond acceptors (Lipinski definition) is 5. The maximum Gasteiger partial charge on any atom is 0.132 e. The van der Waals surface area contributed by atoms with Crippen LogP contribution in [0.15, 0.2) is 36.8 Å². The monoisotopic (exact) mass is 407 g/mol. The highest BCUT2D eigenvalue weighted by Gasteiger charge is 2.41. The van der Waals surface area contributed by atoms with Crippen LogP contribution in [-0.2, 0) is 5.54 Å². The van der Waals surface area contributed by atoms with Gasteiger partial charge in [-0.3, -0.25) is 4.98 Å². The summed E-state index contributed by atoms with van der Waals surface area (Å²) in [6.07, 6.45) is 7.22. The molecule has 7 nitrogen and oxygen atoms in total. The van der Waals surface area contributed by atoms with Crippen molar-refractivity contribution in [2.75, 3.05) is 11.4 Å². The first-order valence-corrected chi connectivity index (χ1v) is 10.1. The normalized spacial score (nSPS) is 19.4. The minimum atomic E-state index is -0.263. The predicted molar refractivity (Wildman–Crippen MR) is 114 cm³/mol. The summed E-state index contributed by atoms with van der Waals surface area (Å²) in [5, 5.41) is 9.22. The van der Waals surface area contributed by atoms with E-state index >= 15 is 0 Å². The Hall–Kier alpha value is -2.93. The Bertz CT molecular complexity index is 1200. The number of anilines is 1. The van der Waals surface area contributed by atoms with E-state index in [1.807, 2.05) is 26.0 Å². The third-order valence-corrected chi connectivity index (χ3v) is 6.39. The minimum Gasteiger partial charge on any atom is -0.357 e. The largest absolute Gasteiger partial charge is 0.357 e. The van der Waals surface area contributed by atoms with E-state index in [1.165, 1.54) is 0 Å². The van der Waals surface area contributed by atoms with E-state index in [4.69, 9.17) is 16.6 Å². The number of aromatic amines is 1. The molecule has 0 bridgehead atoms. The Balaban J connectivity index is 1.61. The van der Waals surface area contributed by atoms with Crippen molar-refractivity contribution in [3.63, 3.8) is 0 Å². The Morgan fingerprint density at radius 2 is 1.97 bits per heavy atom. The molecule has 1 aliphatic rings. The van der Waals surface area contributed by atoms with Gasteiger partial charge in [0, 0.05) is 11.6 Å². The number of aryl methyl sites for hydroxylation is 2. The smallest absolute Gasteiger partial charge is 0.132 e. The summed E-state index contributed by atoms with van der Waals surface area (Å²) in [7, 11) is 0. The van der Waals surface area contributed by atoms with Gasteiger partial charge in [-0.1, -0.05) is 11.6 Å². The average molecular weight is 408 g/mol. The topological polar surface area (TPSA) is 75.5 Å². The van der Waals surface area contributed by atoms with Gasteiger partial charge in [0.1, 0.15) is 11.5 Å². The Kier molecular flexibility index (Phi) is 4.10. The van der Waals surface area contributed by atoms with Crippen LogP contribution in [0.2, 0.25) is 5.02 Å². The zero-order chi connectivity index (χ0) is 20.2. The number of nitrogens with zero attached hydrogens (tertiary/aromatic N) is 6. The van der Waals surface area contributed by atoms with Crippen molar-refractivity contribution in [1.82, 2.24) is 29.9 Å². The fraction of sp³-hybridized carbons (Fsp3) is 0.333. The third kappa shape index (κ3) is 2.80. The molecule has 3 aromatic heterocycles. The van der Waals surface area contributed by atoms with E-state index in [-0.39, 0.29) is 5.54 Å². The second-order valence-corrected chi connectivity index (χ2v) is 8.21. The molecule has 0 aliphatic carbocycles. The van der Waals surface area contributed by atoms with Crippen molar-refractivity contribution < 1.29 is 0 Å². The number of nitrogens with one attached hydrogen (secondary N) is 1. The third-order valence-electron chi connectivity index (χ3n) is 5.98. The molecule has 0 radical (unpaired) electrons. The number of hydrogen-bond donors (Lipinski definition) is 1. The van der Waals surface area contributed by atoms with E-state index in [1.54, 1.807) is 23.4 Å². The molecule has 1 aliphatic heterocycles. The van der Waals surface area contributed by atoms with Gasteiger partial charge >= 0.3 is 0 Å². The maximum absolute atomic E-state index is 6.32. The molecule has 0 amide bonds. The molecule has 4 aromatic rings. The molecule has 1 N–H and O–H groups in total. The number of halogens is 1. The van der Waals surface area contributed by atoms with Gasteiger partial charge in [0.05, 0.1) is 46.5 Å². The summed E-state index contributed by atoms with van der Waals surface area (Å²) in [5.41, 5.74) is 5.59. The molecule has 8 heteroatoms. The van der Waals surface area contributed by atoms with Crippen LogP contribution in [-0.4, -0.2) is 36.5 Å². The highest BCUT2D eigenvalue weighted by Crippen LogP contribution is 2.42. The number of pyridine rings is 1. The van der Waals surface area contributed by atoms with Crippen LogP contribution in [0.5, 0.6) is 0 Å². The summed E-state index contributed by atoms with van der Waals surface area (Å²) < 4.78 is 0. The summed E-state index contributed by atoms with van der Waals surface area (Å²) in [6, 6.07) is 6.03. The first kappa shape index (κ1) is 18.1. The van der Waals surface area contributed by atoms with Gasteiger partial charge in [-0.05, 0) is 57.4 Å². The van der Waals surface area contributed by atoms with Gasteiger partial charge in [-0.25, -0.2) is 4.98 Å². The van der Waals surface area contributed by atoms with Gasteiger partial charge in [0.25, 0.3) is 0 Å². The molecule has 29 heavy (non-hydrogen) atoms. The van der Waals surface area contributed by atoms with Gasteiger partial charge < -0.3 is 9.88 Å². The van der Waals surface area contributed by atoms with Crippen molar-refractivity contribution in [3.8, 4) is 5.69 Å². The highest BCUT2D eigenvalue weighted by molar-refractivity contribution is 6.32. The second-order valence-electron chi connectivity index (χ2n) is 7.80. The Labute approximate surface area is 173 Å². The van der Waals surface area contributed by atoms with Crippen molar-refractivity contribution >= 4 is 28.3 Å². The summed E-state index contributed by atoms with van der Waals surface area (Å²) in [5.74, 6) is 0.956. The molecule has 5 rings (SSSR count). The van der Waals surface area contributed by atoms with Gasteiger partial charge in [-0.2, -0.15) is 10.2 Å². The van der Waals surface area contributed by atoms with Crippen molar-refractivity contribution in [2.24, 2.45) is 0 Å². The molecule has 0 saturated carbocycles. The standard InChI is InChI=1S/C21H22ClN7/c1-13-16(22)5-6-17-19(13)27-20(26-17)21(3)7-4-10-28(21)18-11-15(12-23-14(18)2)29-24-8-9-25-29/h5-6,8-9,11-12H,4,7,10H2,1-3H3,(H,26,27)/t21-/m0/s1. The van der Waals surface area contributed by atoms with Gasteiger partial charge in [-0.15, -0.1) is 4.80 Å². The molecule has 1 atom stereocenters. The molecule has 1 aromatic carbocycles. The molecule has 1 fully saturated rings. The first-order chi connectivity index (χ1) is 14.0. The first-order valence-electron chi connectivity index (χ1n) is 9.74. The van der Waals surface area contributed by atoms with Crippen molar-refractivity contribution in [3.05, 3.63) is 58.9 Å². The van der Waals surface area contributed by atoms with Gasteiger partial charge in [0.15, 0.2) is 0 Å². The number of aromatic nitrogens is 6. The fourth-order valence-electron chi connectivity index (χ4n) is 4.28. The maximum atomic E-state index is 6.32. The number of imidazole rings is 1. The average Bonchev–Trinajstić information content (AvgIpc) is 3.45. The van der Waals surface area contributed by atoms with E-state index in [0.717, 1.165) is 63.9 Å². The SMILES string of the molecule is Cc1ncc(-n2nccn2)cc1N1CCC[C@@]1(C)c1nc2c(C)c(Cl)ccc2[nH]1. The zero-order valence-electron chi connectivity index (χ0n) is 16.6. The molecule has 1 saturated heterocycles. The number of rotatable bonds is 3. The molecule has 4 heterocycles. The van der Waals surface area contributed by atoms with Crippen LogP contribution in [0.3, 0.4) is 0 Å². The molecule has 148 valence electrons. The summed E-state index contributed by atoms with van der Waals surface area (Å²) in [6.45, 7) is 7.23. The lowest BCUT2D eigenvalue weighted by Gasteiger charge is -2.36. The molecule has 0 spiro atoms. The van der Waals surface area contributed by atoms with Crippen LogP contribution in [0, 0.1) is 13.8 Å². The van der Waals surface area contributed by atoms with Gasteiger partial charge in [0.2, 0.25) is 0 Å². The highest BCUT2D eigenvalue weighted by atomic mass is 35.5. The van der Waals surface area contributed by atoms with Crippen molar-refractivity contribution in [2.45, 2.75) is 39.2 Å². The van der Waals surface area contributed by atoms with E-state index < -0.39 is 0 Å². The van der Waals surface area contributed by atoms with Crippen LogP contribution < -0.4 is 4.90 Å². The molecular weight excluding hydrogens is 386 g/mol. The Morgan fingerprint density at radius 3 is 2.76 bits per heavy atom. The minimum absolute atomic E-state index is 0.263. The number of H-pyrrole nitrogens is 1. The quantitative estimate of drug-likeness (QED) is 0.547. The fourth-order valence-corrected chi connectivity index (χ4v) is 4.43. The zero-order valence-corrected chi connectivity index (χ0v) is 17.4.